The Hall–Kier alpha value is -1.38. The summed E-state index contributed by atoms with van der Waals surface area (Å²) >= 11 is 5.80. The van der Waals surface area contributed by atoms with Gasteiger partial charge in [0.1, 0.15) is 5.82 Å². The average Bonchev–Trinajstić information content (AvgIpc) is 2.42. The maximum atomic E-state index is 13.1. The zero-order valence-corrected chi connectivity index (χ0v) is 11.8. The lowest BCUT2D eigenvalue weighted by atomic mass is 10.0. The molecular formula is C16H17ClFN. The quantitative estimate of drug-likeness (QED) is 0.845. The number of nitrogens with one attached hydrogen (secondary N) is 1. The SMILES string of the molecule is CCNC(C)c1ccc(-c2ccc(F)c(Cl)c2)cc1. The Morgan fingerprint density at radius 1 is 1.11 bits per heavy atom. The van der Waals surface area contributed by atoms with E-state index in [4.69, 9.17) is 11.6 Å². The number of hydrogen-bond acceptors (Lipinski definition) is 1. The molecule has 2 rings (SSSR count). The van der Waals surface area contributed by atoms with Gasteiger partial charge in [-0.05, 0) is 42.3 Å². The topological polar surface area (TPSA) is 12.0 Å². The standard InChI is InChI=1S/C16H17ClFN/c1-3-19-11(2)12-4-6-13(7-5-12)14-8-9-16(18)15(17)10-14/h4-11,19H,3H2,1-2H3. The van der Waals surface area contributed by atoms with Gasteiger partial charge in [-0.25, -0.2) is 4.39 Å². The normalized spacial score (nSPS) is 12.4. The van der Waals surface area contributed by atoms with E-state index in [0.717, 1.165) is 17.7 Å². The molecule has 3 heteroatoms. The number of benzene rings is 2. The molecule has 0 heterocycles. The average molecular weight is 278 g/mol. The van der Waals surface area contributed by atoms with Crippen LogP contribution in [0.5, 0.6) is 0 Å². The number of hydrogen-bond donors (Lipinski definition) is 1. The molecule has 2 aromatic carbocycles. The van der Waals surface area contributed by atoms with Gasteiger partial charge >= 0.3 is 0 Å². The van der Waals surface area contributed by atoms with E-state index in [1.165, 1.54) is 11.6 Å². The van der Waals surface area contributed by atoms with Crippen molar-refractivity contribution in [3.63, 3.8) is 0 Å². The van der Waals surface area contributed by atoms with Crippen LogP contribution in [0.15, 0.2) is 42.5 Å². The second-order valence-electron chi connectivity index (χ2n) is 4.53. The summed E-state index contributed by atoms with van der Waals surface area (Å²) in [7, 11) is 0. The van der Waals surface area contributed by atoms with Gasteiger partial charge in [0.25, 0.3) is 0 Å². The lowest BCUT2D eigenvalue weighted by molar-refractivity contribution is 0.598. The molecule has 0 saturated carbocycles. The molecule has 2 aromatic rings. The van der Waals surface area contributed by atoms with E-state index in [0.29, 0.717) is 6.04 Å². The van der Waals surface area contributed by atoms with Crippen LogP contribution in [0, 0.1) is 5.82 Å². The van der Waals surface area contributed by atoms with Crippen LogP contribution >= 0.6 is 11.6 Å². The molecule has 0 saturated heterocycles. The molecule has 0 aromatic heterocycles. The molecule has 1 nitrogen and oxygen atoms in total. The highest BCUT2D eigenvalue weighted by Gasteiger charge is 2.06. The van der Waals surface area contributed by atoms with Crippen LogP contribution < -0.4 is 5.32 Å². The van der Waals surface area contributed by atoms with Gasteiger partial charge in [-0.3, -0.25) is 0 Å². The van der Waals surface area contributed by atoms with Crippen LogP contribution in [0.3, 0.4) is 0 Å². The molecule has 0 bridgehead atoms. The molecule has 0 aliphatic carbocycles. The monoisotopic (exact) mass is 277 g/mol. The van der Waals surface area contributed by atoms with Crippen molar-refractivity contribution < 1.29 is 4.39 Å². The van der Waals surface area contributed by atoms with E-state index >= 15 is 0 Å². The fourth-order valence-electron chi connectivity index (χ4n) is 2.06. The third kappa shape index (κ3) is 3.34. The first-order chi connectivity index (χ1) is 9.11. The van der Waals surface area contributed by atoms with E-state index < -0.39 is 0 Å². The summed E-state index contributed by atoms with van der Waals surface area (Å²) < 4.78 is 13.1. The van der Waals surface area contributed by atoms with Gasteiger partial charge < -0.3 is 5.32 Å². The number of rotatable bonds is 4. The molecule has 1 atom stereocenters. The lowest BCUT2D eigenvalue weighted by Gasteiger charge is -2.13. The van der Waals surface area contributed by atoms with Crippen LogP contribution in [0.4, 0.5) is 4.39 Å². The van der Waals surface area contributed by atoms with E-state index in [2.05, 4.69) is 31.3 Å². The summed E-state index contributed by atoms with van der Waals surface area (Å²) in [6.45, 7) is 5.16. The summed E-state index contributed by atoms with van der Waals surface area (Å²) in [5.74, 6) is -0.386. The van der Waals surface area contributed by atoms with E-state index in [1.807, 2.05) is 12.1 Å². The van der Waals surface area contributed by atoms with Gasteiger partial charge in [0.15, 0.2) is 0 Å². The summed E-state index contributed by atoms with van der Waals surface area (Å²) in [5.41, 5.74) is 3.20. The summed E-state index contributed by atoms with van der Waals surface area (Å²) in [6.07, 6.45) is 0. The maximum absolute atomic E-state index is 13.1. The van der Waals surface area contributed by atoms with Gasteiger partial charge in [0, 0.05) is 6.04 Å². The Labute approximate surface area is 118 Å². The molecule has 1 unspecified atom stereocenters. The third-order valence-corrected chi connectivity index (χ3v) is 3.46. The first kappa shape index (κ1) is 14.0. The van der Waals surface area contributed by atoms with Gasteiger partial charge in [-0.2, -0.15) is 0 Å². The first-order valence-electron chi connectivity index (χ1n) is 6.40. The van der Waals surface area contributed by atoms with Crippen molar-refractivity contribution in [1.82, 2.24) is 5.32 Å². The fraction of sp³-hybridized carbons (Fsp3) is 0.250. The van der Waals surface area contributed by atoms with Gasteiger partial charge in [0.05, 0.1) is 5.02 Å². The largest absolute Gasteiger partial charge is 0.310 e. The molecule has 0 spiro atoms. The predicted octanol–water partition coefficient (Wildman–Crippen LogP) is 4.82. The zero-order valence-electron chi connectivity index (χ0n) is 11.1. The van der Waals surface area contributed by atoms with Crippen LogP contribution in [0.25, 0.3) is 11.1 Å². The Morgan fingerprint density at radius 2 is 1.74 bits per heavy atom. The van der Waals surface area contributed by atoms with Gasteiger partial charge in [0.2, 0.25) is 0 Å². The van der Waals surface area contributed by atoms with Crippen molar-refractivity contribution in [2.45, 2.75) is 19.9 Å². The second-order valence-corrected chi connectivity index (χ2v) is 4.94. The predicted molar refractivity (Wildman–Crippen MR) is 78.9 cm³/mol. The molecule has 100 valence electrons. The maximum Gasteiger partial charge on any atom is 0.141 e. The highest BCUT2D eigenvalue weighted by atomic mass is 35.5. The molecule has 0 radical (unpaired) electrons. The van der Waals surface area contributed by atoms with Crippen LogP contribution in [-0.4, -0.2) is 6.54 Å². The lowest BCUT2D eigenvalue weighted by Crippen LogP contribution is -2.17. The van der Waals surface area contributed by atoms with Crippen molar-refractivity contribution in [2.24, 2.45) is 0 Å². The van der Waals surface area contributed by atoms with Crippen molar-refractivity contribution in [2.75, 3.05) is 6.54 Å². The minimum absolute atomic E-state index is 0.155. The molecule has 19 heavy (non-hydrogen) atoms. The molecule has 0 aliphatic heterocycles. The molecule has 0 amide bonds. The van der Waals surface area contributed by atoms with Gasteiger partial charge in [-0.1, -0.05) is 48.9 Å². The first-order valence-corrected chi connectivity index (χ1v) is 6.78. The van der Waals surface area contributed by atoms with Crippen molar-refractivity contribution in [3.05, 3.63) is 58.9 Å². The van der Waals surface area contributed by atoms with Gasteiger partial charge in [-0.15, -0.1) is 0 Å². The highest BCUT2D eigenvalue weighted by molar-refractivity contribution is 6.31. The van der Waals surface area contributed by atoms with Crippen LogP contribution in [-0.2, 0) is 0 Å². The second kappa shape index (κ2) is 6.18. The highest BCUT2D eigenvalue weighted by Crippen LogP contribution is 2.26. The Morgan fingerprint density at radius 3 is 2.32 bits per heavy atom. The van der Waals surface area contributed by atoms with Crippen LogP contribution in [0.2, 0.25) is 5.02 Å². The Bertz CT molecular complexity index is 551. The molecule has 0 fully saturated rings. The molecule has 1 N–H and O–H groups in total. The third-order valence-electron chi connectivity index (χ3n) is 3.17. The minimum Gasteiger partial charge on any atom is -0.310 e. The summed E-state index contributed by atoms with van der Waals surface area (Å²) in [5, 5.41) is 3.52. The number of halogens is 2. The molecular weight excluding hydrogens is 261 g/mol. The fourth-order valence-corrected chi connectivity index (χ4v) is 2.24. The smallest absolute Gasteiger partial charge is 0.141 e. The van der Waals surface area contributed by atoms with Crippen molar-refractivity contribution in [1.29, 1.82) is 0 Å². The van der Waals surface area contributed by atoms with Crippen molar-refractivity contribution >= 4 is 11.6 Å². The Kier molecular flexibility index (Phi) is 4.56. The van der Waals surface area contributed by atoms with Crippen molar-refractivity contribution in [3.8, 4) is 11.1 Å². The zero-order chi connectivity index (χ0) is 13.8. The minimum atomic E-state index is -0.386. The van der Waals surface area contributed by atoms with E-state index in [1.54, 1.807) is 12.1 Å². The summed E-state index contributed by atoms with van der Waals surface area (Å²) in [4.78, 5) is 0. The Balaban J connectivity index is 2.24. The summed E-state index contributed by atoms with van der Waals surface area (Å²) in [6, 6.07) is 13.4. The van der Waals surface area contributed by atoms with Crippen LogP contribution in [0.1, 0.15) is 25.5 Å². The van der Waals surface area contributed by atoms with E-state index in [9.17, 15) is 4.39 Å². The molecule has 0 aliphatic rings. The van der Waals surface area contributed by atoms with E-state index in [-0.39, 0.29) is 10.8 Å².